The fourth-order valence-corrected chi connectivity index (χ4v) is 2.74. The molecule has 1 aliphatic heterocycles. The van der Waals surface area contributed by atoms with Gasteiger partial charge in [0.25, 0.3) is 0 Å². The number of hydrogen-bond acceptors (Lipinski definition) is 2. The van der Waals surface area contributed by atoms with Gasteiger partial charge in [-0.05, 0) is 17.5 Å². The van der Waals surface area contributed by atoms with Crippen molar-refractivity contribution >= 4 is 5.69 Å². The smallest absolute Gasteiger partial charge is 0.404 e. The van der Waals surface area contributed by atoms with Crippen molar-refractivity contribution in [2.45, 2.75) is 39.0 Å². The Hall–Kier alpha value is -1.39. The van der Waals surface area contributed by atoms with E-state index >= 15 is 0 Å². The maximum absolute atomic E-state index is 12.3. The van der Waals surface area contributed by atoms with E-state index in [2.05, 4.69) is 23.9 Å². The molecule has 2 unspecified atom stereocenters. The van der Waals surface area contributed by atoms with Gasteiger partial charge in [0, 0.05) is 12.5 Å². The molecule has 1 aliphatic rings. The minimum Gasteiger partial charge on any atom is -0.404 e. The summed E-state index contributed by atoms with van der Waals surface area (Å²) in [6.07, 6.45) is -2.51. The number of nitrogens with one attached hydrogen (secondary N) is 1. The van der Waals surface area contributed by atoms with Gasteiger partial charge in [-0.3, -0.25) is 0 Å². The lowest BCUT2D eigenvalue weighted by atomic mass is 9.86. The number of para-hydroxylation sites is 1. The van der Waals surface area contributed by atoms with E-state index in [4.69, 9.17) is 0 Å². The van der Waals surface area contributed by atoms with Crippen molar-refractivity contribution < 1.29 is 17.9 Å². The van der Waals surface area contributed by atoms with Gasteiger partial charge in [0.1, 0.15) is 0 Å². The van der Waals surface area contributed by atoms with E-state index in [0.717, 1.165) is 18.4 Å². The molecule has 106 valence electrons. The monoisotopic (exact) mass is 273 g/mol. The molecule has 19 heavy (non-hydrogen) atoms. The zero-order valence-corrected chi connectivity index (χ0v) is 11.1. The number of rotatable bonds is 4. The van der Waals surface area contributed by atoms with Gasteiger partial charge < -0.3 is 10.1 Å². The molecule has 0 spiro atoms. The Kier molecular flexibility index (Phi) is 3.92. The summed E-state index contributed by atoms with van der Waals surface area (Å²) in [5.41, 5.74) is 1.43. The van der Waals surface area contributed by atoms with E-state index < -0.39 is 6.36 Å². The molecule has 0 fully saturated rings. The second-order valence-corrected chi connectivity index (χ2v) is 5.02. The Morgan fingerprint density at radius 2 is 2.16 bits per heavy atom. The van der Waals surface area contributed by atoms with Crippen molar-refractivity contribution in [2.75, 3.05) is 11.9 Å². The topological polar surface area (TPSA) is 21.3 Å². The molecule has 0 amide bonds. The maximum Gasteiger partial charge on any atom is 0.573 e. The molecule has 1 aromatic rings. The SMILES string of the molecule is CCCC(C)C1CNc2c(OC(F)(F)F)cccc21. The standard InChI is InChI=1S/C14H18F3NO/c1-3-5-9(2)11-8-18-13-10(11)6-4-7-12(13)19-14(15,16)17/h4,6-7,9,11,18H,3,5,8H2,1-2H3. The predicted molar refractivity (Wildman–Crippen MR) is 68.4 cm³/mol. The van der Waals surface area contributed by atoms with Crippen LogP contribution in [-0.2, 0) is 0 Å². The van der Waals surface area contributed by atoms with Crippen LogP contribution in [0.2, 0.25) is 0 Å². The lowest BCUT2D eigenvalue weighted by molar-refractivity contribution is -0.274. The fourth-order valence-electron chi connectivity index (χ4n) is 2.74. The summed E-state index contributed by atoms with van der Waals surface area (Å²) in [4.78, 5) is 0. The van der Waals surface area contributed by atoms with Crippen LogP contribution in [0.15, 0.2) is 18.2 Å². The van der Waals surface area contributed by atoms with Crippen molar-refractivity contribution in [2.24, 2.45) is 5.92 Å². The number of hydrogen-bond donors (Lipinski definition) is 1. The van der Waals surface area contributed by atoms with Crippen LogP contribution in [0.1, 0.15) is 38.2 Å². The van der Waals surface area contributed by atoms with Crippen LogP contribution < -0.4 is 10.1 Å². The van der Waals surface area contributed by atoms with E-state index in [1.807, 2.05) is 6.07 Å². The second-order valence-electron chi connectivity index (χ2n) is 5.02. The summed E-state index contributed by atoms with van der Waals surface area (Å²) >= 11 is 0. The lowest BCUT2D eigenvalue weighted by Gasteiger charge is -2.18. The molecule has 1 aromatic carbocycles. The number of halogens is 3. The van der Waals surface area contributed by atoms with E-state index in [9.17, 15) is 13.2 Å². The maximum atomic E-state index is 12.3. The summed E-state index contributed by atoms with van der Waals surface area (Å²) in [7, 11) is 0. The molecular formula is C14H18F3NO. The minimum absolute atomic E-state index is 0.129. The highest BCUT2D eigenvalue weighted by atomic mass is 19.4. The first-order valence-electron chi connectivity index (χ1n) is 6.55. The van der Waals surface area contributed by atoms with E-state index in [0.29, 0.717) is 18.2 Å². The average Bonchev–Trinajstić information content (AvgIpc) is 2.72. The first-order chi connectivity index (χ1) is 8.92. The zero-order chi connectivity index (χ0) is 14.0. The zero-order valence-electron chi connectivity index (χ0n) is 11.1. The van der Waals surface area contributed by atoms with Crippen LogP contribution in [0.3, 0.4) is 0 Å². The van der Waals surface area contributed by atoms with Crippen LogP contribution in [0.25, 0.3) is 0 Å². The summed E-state index contributed by atoms with van der Waals surface area (Å²) in [5.74, 6) is 0.572. The quantitative estimate of drug-likeness (QED) is 0.870. The third-order valence-electron chi connectivity index (χ3n) is 3.61. The van der Waals surface area contributed by atoms with Crippen LogP contribution >= 0.6 is 0 Å². The third-order valence-corrected chi connectivity index (χ3v) is 3.61. The van der Waals surface area contributed by atoms with Crippen LogP contribution in [0.5, 0.6) is 5.75 Å². The van der Waals surface area contributed by atoms with E-state index in [1.165, 1.54) is 6.07 Å². The van der Waals surface area contributed by atoms with E-state index in [-0.39, 0.29) is 11.7 Å². The Bertz CT molecular complexity index is 445. The summed E-state index contributed by atoms with van der Waals surface area (Å²) < 4.78 is 41.1. The molecule has 1 heterocycles. The summed E-state index contributed by atoms with van der Waals surface area (Å²) in [6.45, 7) is 4.93. The third kappa shape index (κ3) is 3.14. The van der Waals surface area contributed by atoms with Crippen molar-refractivity contribution in [3.8, 4) is 5.75 Å². The van der Waals surface area contributed by atoms with Crippen LogP contribution in [0, 0.1) is 5.92 Å². The lowest BCUT2D eigenvalue weighted by Crippen LogP contribution is -2.17. The molecule has 2 atom stereocenters. The molecule has 0 aromatic heterocycles. The minimum atomic E-state index is -4.65. The number of anilines is 1. The highest BCUT2D eigenvalue weighted by Gasteiger charge is 2.35. The van der Waals surface area contributed by atoms with Crippen molar-refractivity contribution in [3.63, 3.8) is 0 Å². The van der Waals surface area contributed by atoms with Gasteiger partial charge >= 0.3 is 6.36 Å². The second kappa shape index (κ2) is 5.31. The molecule has 0 radical (unpaired) electrons. The predicted octanol–water partition coefficient (Wildman–Crippen LogP) is 4.53. The highest BCUT2D eigenvalue weighted by molar-refractivity contribution is 5.67. The van der Waals surface area contributed by atoms with Gasteiger partial charge in [-0.15, -0.1) is 13.2 Å². The van der Waals surface area contributed by atoms with Crippen LogP contribution in [0.4, 0.5) is 18.9 Å². The number of benzene rings is 1. The average molecular weight is 273 g/mol. The number of ether oxygens (including phenoxy) is 1. The van der Waals surface area contributed by atoms with E-state index in [1.54, 1.807) is 6.07 Å². The molecule has 1 N–H and O–H groups in total. The molecule has 0 bridgehead atoms. The number of alkyl halides is 3. The molecule has 0 saturated carbocycles. The first-order valence-corrected chi connectivity index (χ1v) is 6.55. The van der Waals surface area contributed by atoms with Gasteiger partial charge in [0.05, 0.1) is 5.69 Å². The molecular weight excluding hydrogens is 255 g/mol. The fraction of sp³-hybridized carbons (Fsp3) is 0.571. The Labute approximate surface area is 111 Å². The first kappa shape index (κ1) is 14.0. The molecule has 2 rings (SSSR count). The van der Waals surface area contributed by atoms with Crippen LogP contribution in [-0.4, -0.2) is 12.9 Å². The van der Waals surface area contributed by atoms with Gasteiger partial charge in [0.2, 0.25) is 0 Å². The van der Waals surface area contributed by atoms with Crippen molar-refractivity contribution in [1.82, 2.24) is 0 Å². The van der Waals surface area contributed by atoms with Gasteiger partial charge in [0.15, 0.2) is 5.75 Å². The normalized spacial score (nSPS) is 19.7. The van der Waals surface area contributed by atoms with Gasteiger partial charge in [-0.2, -0.15) is 0 Å². The summed E-state index contributed by atoms with van der Waals surface area (Å²) in [5, 5.41) is 3.06. The Morgan fingerprint density at radius 1 is 1.42 bits per heavy atom. The molecule has 0 saturated heterocycles. The van der Waals surface area contributed by atoms with Gasteiger partial charge in [-0.25, -0.2) is 0 Å². The van der Waals surface area contributed by atoms with Gasteiger partial charge in [-0.1, -0.05) is 38.8 Å². The Balaban J connectivity index is 2.25. The highest BCUT2D eigenvalue weighted by Crippen LogP contribution is 2.44. The molecule has 2 nitrogen and oxygen atoms in total. The van der Waals surface area contributed by atoms with Crippen molar-refractivity contribution in [3.05, 3.63) is 23.8 Å². The number of fused-ring (bicyclic) bond motifs is 1. The molecule has 5 heteroatoms. The van der Waals surface area contributed by atoms with Crippen molar-refractivity contribution in [1.29, 1.82) is 0 Å². The largest absolute Gasteiger partial charge is 0.573 e. The Morgan fingerprint density at radius 3 is 2.79 bits per heavy atom. The molecule has 0 aliphatic carbocycles. The summed E-state index contributed by atoms with van der Waals surface area (Å²) in [6, 6.07) is 4.86.